The highest BCUT2D eigenvalue weighted by Crippen LogP contribution is 2.61. The van der Waals surface area contributed by atoms with Crippen molar-refractivity contribution >= 4 is 46.4 Å². The number of hydrogen-bond donors (Lipinski definition) is 1. The van der Waals surface area contributed by atoms with Crippen molar-refractivity contribution < 1.29 is 19.3 Å². The van der Waals surface area contributed by atoms with Gasteiger partial charge in [0.1, 0.15) is 5.54 Å². The molecule has 0 aromatic heterocycles. The van der Waals surface area contributed by atoms with Crippen molar-refractivity contribution in [3.05, 3.63) is 63.2 Å². The predicted molar refractivity (Wildman–Crippen MR) is 114 cm³/mol. The van der Waals surface area contributed by atoms with E-state index in [0.717, 1.165) is 11.3 Å². The highest BCUT2D eigenvalue weighted by molar-refractivity contribution is 6.35. The number of non-ortho nitro benzene ring substituents is 1. The summed E-state index contributed by atoms with van der Waals surface area (Å²) in [6.45, 7) is 0.606. The van der Waals surface area contributed by atoms with E-state index in [0.29, 0.717) is 29.2 Å². The monoisotopic (exact) mass is 452 g/mol. The van der Waals surface area contributed by atoms with Crippen LogP contribution in [0.1, 0.15) is 18.4 Å². The molecule has 4 heterocycles. The Morgan fingerprint density at radius 1 is 1.09 bits per heavy atom. The second-order valence-electron chi connectivity index (χ2n) is 8.57. The summed E-state index contributed by atoms with van der Waals surface area (Å²) in [7, 11) is 0. The molecule has 2 aromatic carbocycles. The molecule has 4 atom stereocenters. The van der Waals surface area contributed by atoms with Gasteiger partial charge in [-0.25, -0.2) is 4.90 Å². The summed E-state index contributed by atoms with van der Waals surface area (Å²) >= 11 is 6.36. The molecule has 32 heavy (non-hydrogen) atoms. The van der Waals surface area contributed by atoms with E-state index < -0.39 is 28.2 Å². The summed E-state index contributed by atoms with van der Waals surface area (Å²) in [5, 5.41) is 14.2. The number of nitrogens with one attached hydrogen (secondary N) is 1. The van der Waals surface area contributed by atoms with Gasteiger partial charge >= 0.3 is 0 Å². The predicted octanol–water partition coefficient (Wildman–Crippen LogP) is 2.68. The molecule has 3 saturated heterocycles. The molecule has 4 aliphatic heterocycles. The molecule has 10 heteroatoms. The van der Waals surface area contributed by atoms with Gasteiger partial charge in [-0.05, 0) is 37.6 Å². The van der Waals surface area contributed by atoms with Crippen LogP contribution in [0, 0.1) is 22.0 Å². The van der Waals surface area contributed by atoms with Gasteiger partial charge in [0.05, 0.1) is 33.2 Å². The van der Waals surface area contributed by atoms with Gasteiger partial charge in [-0.1, -0.05) is 23.7 Å². The van der Waals surface area contributed by atoms with Crippen molar-refractivity contribution in [1.29, 1.82) is 0 Å². The zero-order valence-corrected chi connectivity index (χ0v) is 17.4. The smallest absolute Gasteiger partial charge is 0.269 e. The van der Waals surface area contributed by atoms with Gasteiger partial charge in [0.2, 0.25) is 11.8 Å². The molecule has 3 amide bonds. The topological polar surface area (TPSA) is 113 Å². The maximum Gasteiger partial charge on any atom is 0.269 e. The minimum absolute atomic E-state index is 0.134. The minimum Gasteiger partial charge on any atom is -0.323 e. The molecular formula is C22H17ClN4O5. The Balaban J connectivity index is 1.52. The fraction of sp³-hybridized carbons (Fsp3) is 0.318. The summed E-state index contributed by atoms with van der Waals surface area (Å²) in [5.74, 6) is -2.74. The first kappa shape index (κ1) is 19.4. The van der Waals surface area contributed by atoms with Crippen molar-refractivity contribution in [3.63, 3.8) is 0 Å². The second-order valence-corrected chi connectivity index (χ2v) is 8.98. The zero-order chi connectivity index (χ0) is 22.4. The van der Waals surface area contributed by atoms with E-state index in [4.69, 9.17) is 11.6 Å². The third-order valence-electron chi connectivity index (χ3n) is 7.30. The molecule has 9 nitrogen and oxygen atoms in total. The number of amides is 3. The normalized spacial score (nSPS) is 30.6. The molecule has 0 unspecified atom stereocenters. The van der Waals surface area contributed by atoms with Gasteiger partial charge in [0, 0.05) is 23.7 Å². The van der Waals surface area contributed by atoms with E-state index in [9.17, 15) is 24.5 Å². The van der Waals surface area contributed by atoms with E-state index in [1.165, 1.54) is 24.3 Å². The van der Waals surface area contributed by atoms with Crippen molar-refractivity contribution in [2.24, 2.45) is 11.8 Å². The highest BCUT2D eigenvalue weighted by atomic mass is 35.5. The molecule has 0 saturated carbocycles. The van der Waals surface area contributed by atoms with E-state index in [2.05, 4.69) is 5.32 Å². The van der Waals surface area contributed by atoms with Crippen LogP contribution >= 0.6 is 11.6 Å². The van der Waals surface area contributed by atoms with E-state index in [1.54, 1.807) is 18.2 Å². The van der Waals surface area contributed by atoms with Crippen molar-refractivity contribution in [2.45, 2.75) is 24.4 Å². The Kier molecular flexibility index (Phi) is 3.86. The Morgan fingerprint density at radius 3 is 2.56 bits per heavy atom. The van der Waals surface area contributed by atoms with Crippen molar-refractivity contribution in [3.8, 4) is 0 Å². The molecule has 1 N–H and O–H groups in total. The highest BCUT2D eigenvalue weighted by Gasteiger charge is 2.74. The minimum atomic E-state index is -1.30. The average Bonchev–Trinajstić information content (AvgIpc) is 3.47. The maximum absolute atomic E-state index is 13.8. The molecule has 4 aliphatic rings. The summed E-state index contributed by atoms with van der Waals surface area (Å²) in [6, 6.07) is 10.3. The number of hydrogen-bond acceptors (Lipinski definition) is 6. The zero-order valence-electron chi connectivity index (χ0n) is 16.7. The Labute approximate surface area is 187 Å². The number of nitrogens with zero attached hydrogens (tertiary/aromatic N) is 3. The summed E-state index contributed by atoms with van der Waals surface area (Å²) in [6.07, 6.45) is 1.52. The molecule has 3 fully saturated rings. The number of carbonyl (C=O) groups excluding carboxylic acids is 3. The van der Waals surface area contributed by atoms with Crippen LogP contribution in [0.5, 0.6) is 0 Å². The number of anilines is 2. The first-order valence-electron chi connectivity index (χ1n) is 10.4. The van der Waals surface area contributed by atoms with E-state index >= 15 is 0 Å². The lowest BCUT2D eigenvalue weighted by molar-refractivity contribution is -0.384. The Bertz CT molecular complexity index is 1230. The lowest BCUT2D eigenvalue weighted by atomic mass is 9.75. The summed E-state index contributed by atoms with van der Waals surface area (Å²) < 4.78 is 0. The fourth-order valence-electron chi connectivity index (χ4n) is 6.17. The SMILES string of the molecule is O=C1[C@H]2[C@@H](C(=O)N1c1ccc([N+](=O)[O-])cc1)[C@@]1(C(=O)Nc3c(Cl)cccc31)N1CCC[C@@H]21. The summed E-state index contributed by atoms with van der Waals surface area (Å²) in [4.78, 5) is 54.5. The van der Waals surface area contributed by atoms with E-state index in [-0.39, 0.29) is 29.2 Å². The fourth-order valence-corrected chi connectivity index (χ4v) is 6.39. The summed E-state index contributed by atoms with van der Waals surface area (Å²) in [5.41, 5.74) is -0.0517. The van der Waals surface area contributed by atoms with Gasteiger partial charge in [-0.15, -0.1) is 0 Å². The van der Waals surface area contributed by atoms with Crippen molar-refractivity contribution in [2.75, 3.05) is 16.8 Å². The number of halogens is 1. The Morgan fingerprint density at radius 2 is 1.84 bits per heavy atom. The Hall–Kier alpha value is -3.30. The standard InChI is InChI=1S/C22H17ClN4O5/c23-14-4-1-3-13-18(14)24-21(30)22(13)17-16(15-5-2-10-25(15)22)19(28)26(20(17)29)11-6-8-12(9-7-11)27(31)32/h1,3-4,6-9,15-17H,2,5,10H2,(H,24,30)/t15-,16+,17-,22-/m0/s1. The number of benzene rings is 2. The number of imide groups is 1. The molecule has 2 aromatic rings. The van der Waals surface area contributed by atoms with Crippen molar-refractivity contribution in [1.82, 2.24) is 4.90 Å². The molecular weight excluding hydrogens is 436 g/mol. The van der Waals surface area contributed by atoms with Crippen LogP contribution in [-0.4, -0.2) is 40.1 Å². The number of fused-ring (bicyclic) bond motifs is 7. The lowest BCUT2D eigenvalue weighted by Gasteiger charge is -2.36. The van der Waals surface area contributed by atoms with Crippen LogP contribution in [0.15, 0.2) is 42.5 Å². The molecule has 0 radical (unpaired) electrons. The van der Waals surface area contributed by atoms with E-state index in [1.807, 2.05) is 4.90 Å². The van der Waals surface area contributed by atoms with Crippen LogP contribution in [0.25, 0.3) is 0 Å². The molecule has 162 valence electrons. The number of carbonyl (C=O) groups is 3. The van der Waals surface area contributed by atoms with Crippen LogP contribution in [0.3, 0.4) is 0 Å². The molecule has 0 bridgehead atoms. The first-order valence-corrected chi connectivity index (χ1v) is 10.7. The quantitative estimate of drug-likeness (QED) is 0.426. The number of nitro groups is 1. The first-order chi connectivity index (χ1) is 15.4. The molecule has 6 rings (SSSR count). The second kappa shape index (κ2) is 6.36. The average molecular weight is 453 g/mol. The molecule has 0 aliphatic carbocycles. The van der Waals surface area contributed by atoms with Gasteiger partial charge in [-0.2, -0.15) is 0 Å². The van der Waals surface area contributed by atoms with Crippen LogP contribution in [0.2, 0.25) is 5.02 Å². The van der Waals surface area contributed by atoms with Gasteiger partial charge in [-0.3, -0.25) is 29.4 Å². The van der Waals surface area contributed by atoms with Crippen LogP contribution in [-0.2, 0) is 19.9 Å². The number of para-hydroxylation sites is 1. The number of nitro benzene ring substituents is 1. The van der Waals surface area contributed by atoms with Gasteiger partial charge in [0.25, 0.3) is 11.6 Å². The third-order valence-corrected chi connectivity index (χ3v) is 7.61. The van der Waals surface area contributed by atoms with Crippen LogP contribution < -0.4 is 10.2 Å². The molecule has 1 spiro atoms. The van der Waals surface area contributed by atoms with Gasteiger partial charge < -0.3 is 5.32 Å². The van der Waals surface area contributed by atoms with Crippen LogP contribution in [0.4, 0.5) is 17.1 Å². The largest absolute Gasteiger partial charge is 0.323 e. The lowest BCUT2D eigenvalue weighted by Crippen LogP contribution is -2.54. The number of rotatable bonds is 2. The third kappa shape index (κ3) is 2.14. The van der Waals surface area contributed by atoms with Gasteiger partial charge in [0.15, 0.2) is 0 Å². The maximum atomic E-state index is 13.8.